The van der Waals surface area contributed by atoms with Crippen molar-refractivity contribution in [3.63, 3.8) is 0 Å². The molecule has 0 unspecified atom stereocenters. The van der Waals surface area contributed by atoms with E-state index in [0.29, 0.717) is 52.9 Å². The van der Waals surface area contributed by atoms with Crippen LogP contribution in [0, 0.1) is 0 Å². The van der Waals surface area contributed by atoms with E-state index < -0.39 is 11.8 Å². The Kier molecular flexibility index (Phi) is 5.49. The molecule has 2 aromatic rings. The number of amides is 4. The van der Waals surface area contributed by atoms with Crippen molar-refractivity contribution >= 4 is 46.8 Å². The highest BCUT2D eigenvalue weighted by molar-refractivity contribution is 6.35. The molecule has 9 heteroatoms. The van der Waals surface area contributed by atoms with Gasteiger partial charge in [-0.25, -0.2) is 0 Å². The fraction of sp³-hybridized carbons (Fsp3) is 0.238. The second-order valence-electron chi connectivity index (χ2n) is 7.04. The Morgan fingerprint density at radius 1 is 0.833 bits per heavy atom. The van der Waals surface area contributed by atoms with Crippen molar-refractivity contribution in [1.29, 1.82) is 0 Å². The molecule has 4 amide bonds. The van der Waals surface area contributed by atoms with E-state index in [-0.39, 0.29) is 18.4 Å². The maximum atomic E-state index is 12.7. The molecule has 1 saturated heterocycles. The van der Waals surface area contributed by atoms with Gasteiger partial charge in [0.25, 0.3) is 17.7 Å². The van der Waals surface area contributed by atoms with E-state index in [2.05, 4.69) is 0 Å². The van der Waals surface area contributed by atoms with Crippen LogP contribution in [0.5, 0.6) is 0 Å². The van der Waals surface area contributed by atoms with Crippen molar-refractivity contribution < 1.29 is 19.2 Å². The van der Waals surface area contributed by atoms with Crippen LogP contribution in [-0.4, -0.2) is 71.1 Å². The fourth-order valence-corrected chi connectivity index (χ4v) is 3.98. The molecule has 2 heterocycles. The minimum atomic E-state index is -0.464. The molecule has 0 aliphatic carbocycles. The minimum absolute atomic E-state index is 0.255. The Balaban J connectivity index is 1.37. The van der Waals surface area contributed by atoms with Crippen molar-refractivity contribution in [2.45, 2.75) is 0 Å². The van der Waals surface area contributed by atoms with Crippen LogP contribution in [-0.2, 0) is 4.79 Å². The first-order chi connectivity index (χ1) is 14.4. The summed E-state index contributed by atoms with van der Waals surface area (Å²) in [5.74, 6) is -1.52. The van der Waals surface area contributed by atoms with E-state index in [4.69, 9.17) is 23.2 Å². The quantitative estimate of drug-likeness (QED) is 0.680. The average Bonchev–Trinajstić information content (AvgIpc) is 3.00. The Morgan fingerprint density at radius 2 is 1.40 bits per heavy atom. The molecule has 0 bridgehead atoms. The Bertz CT molecular complexity index is 1030. The summed E-state index contributed by atoms with van der Waals surface area (Å²) in [6, 6.07) is 11.2. The molecule has 4 rings (SSSR count). The monoisotopic (exact) mass is 445 g/mol. The van der Waals surface area contributed by atoms with Gasteiger partial charge in [0.15, 0.2) is 0 Å². The SMILES string of the molecule is O=C(CN1C(=O)c2ccccc2C1=O)N1CCN(C(=O)c2cc(Cl)ccc2Cl)CC1. The molecule has 0 spiro atoms. The van der Waals surface area contributed by atoms with Crippen LogP contribution in [0.2, 0.25) is 10.0 Å². The highest BCUT2D eigenvalue weighted by Gasteiger charge is 2.37. The van der Waals surface area contributed by atoms with Crippen molar-refractivity contribution in [2.75, 3.05) is 32.7 Å². The number of carbonyl (C=O) groups is 4. The zero-order chi connectivity index (χ0) is 21.4. The lowest BCUT2D eigenvalue weighted by atomic mass is 10.1. The van der Waals surface area contributed by atoms with Crippen LogP contribution >= 0.6 is 23.2 Å². The molecule has 2 aromatic carbocycles. The number of piperazine rings is 1. The predicted octanol–water partition coefficient (Wildman–Crippen LogP) is 2.57. The summed E-state index contributed by atoms with van der Waals surface area (Å²) in [4.78, 5) is 54.4. The van der Waals surface area contributed by atoms with Crippen LogP contribution in [0.4, 0.5) is 0 Å². The van der Waals surface area contributed by atoms with Crippen molar-refractivity contribution in [3.8, 4) is 0 Å². The van der Waals surface area contributed by atoms with Crippen LogP contribution < -0.4 is 0 Å². The van der Waals surface area contributed by atoms with Gasteiger partial charge in [-0.3, -0.25) is 24.1 Å². The van der Waals surface area contributed by atoms with E-state index in [9.17, 15) is 19.2 Å². The fourth-order valence-electron chi connectivity index (χ4n) is 3.61. The average molecular weight is 446 g/mol. The smallest absolute Gasteiger partial charge is 0.262 e. The predicted molar refractivity (Wildman–Crippen MR) is 111 cm³/mol. The van der Waals surface area contributed by atoms with Gasteiger partial charge >= 0.3 is 0 Å². The van der Waals surface area contributed by atoms with Gasteiger partial charge in [0.05, 0.1) is 21.7 Å². The largest absolute Gasteiger partial charge is 0.338 e. The number of hydrogen-bond donors (Lipinski definition) is 0. The Morgan fingerprint density at radius 3 is 2.00 bits per heavy atom. The third-order valence-corrected chi connectivity index (χ3v) is 5.81. The zero-order valence-corrected chi connectivity index (χ0v) is 17.3. The molecule has 30 heavy (non-hydrogen) atoms. The summed E-state index contributed by atoms with van der Waals surface area (Å²) >= 11 is 12.1. The van der Waals surface area contributed by atoms with Crippen molar-refractivity contribution in [2.24, 2.45) is 0 Å². The van der Waals surface area contributed by atoms with Crippen molar-refractivity contribution in [1.82, 2.24) is 14.7 Å². The molecule has 0 radical (unpaired) electrons. The normalized spacial score (nSPS) is 16.1. The summed E-state index contributed by atoms with van der Waals surface area (Å²) in [6.45, 7) is 0.906. The topological polar surface area (TPSA) is 78.0 Å². The summed E-state index contributed by atoms with van der Waals surface area (Å²) in [5.41, 5.74) is 0.934. The van der Waals surface area contributed by atoms with E-state index in [1.54, 1.807) is 46.2 Å². The van der Waals surface area contributed by atoms with Crippen molar-refractivity contribution in [3.05, 3.63) is 69.2 Å². The highest BCUT2D eigenvalue weighted by Crippen LogP contribution is 2.24. The maximum Gasteiger partial charge on any atom is 0.262 e. The molecule has 0 aromatic heterocycles. The lowest BCUT2D eigenvalue weighted by molar-refractivity contribution is -0.132. The molecule has 0 N–H and O–H groups in total. The lowest BCUT2D eigenvalue weighted by Crippen LogP contribution is -2.53. The zero-order valence-electron chi connectivity index (χ0n) is 15.8. The highest BCUT2D eigenvalue weighted by atomic mass is 35.5. The number of imide groups is 1. The van der Waals surface area contributed by atoms with Gasteiger partial charge in [-0.1, -0.05) is 35.3 Å². The first-order valence-corrected chi connectivity index (χ1v) is 10.1. The first kappa shape index (κ1) is 20.4. The molecule has 7 nitrogen and oxygen atoms in total. The molecular formula is C21H17Cl2N3O4. The third kappa shape index (κ3) is 3.66. The lowest BCUT2D eigenvalue weighted by Gasteiger charge is -2.35. The second-order valence-corrected chi connectivity index (χ2v) is 7.88. The molecule has 0 saturated carbocycles. The van der Waals surface area contributed by atoms with E-state index in [1.807, 2.05) is 0 Å². The van der Waals surface area contributed by atoms with Gasteiger partial charge in [0, 0.05) is 31.2 Å². The minimum Gasteiger partial charge on any atom is -0.338 e. The van der Waals surface area contributed by atoms with Crippen LogP contribution in [0.3, 0.4) is 0 Å². The molecule has 2 aliphatic heterocycles. The van der Waals surface area contributed by atoms with Gasteiger partial charge in [-0.05, 0) is 30.3 Å². The van der Waals surface area contributed by atoms with Gasteiger partial charge in [0.1, 0.15) is 6.54 Å². The van der Waals surface area contributed by atoms with E-state index >= 15 is 0 Å². The number of fused-ring (bicyclic) bond motifs is 1. The standard InChI is InChI=1S/C21H17Cl2N3O4/c22-13-5-6-17(23)16(11-13)19(28)25-9-7-24(8-10-25)18(27)12-26-20(29)14-3-1-2-4-15(14)21(26)30/h1-6,11H,7-10,12H2. The summed E-state index contributed by atoms with van der Waals surface area (Å²) in [5, 5.41) is 0.728. The number of rotatable bonds is 3. The molecule has 1 fully saturated rings. The molecular weight excluding hydrogens is 429 g/mol. The maximum absolute atomic E-state index is 12.7. The Labute approximate surface area is 182 Å². The number of halogens is 2. The summed E-state index contributed by atoms with van der Waals surface area (Å²) in [7, 11) is 0. The summed E-state index contributed by atoms with van der Waals surface area (Å²) in [6.07, 6.45) is 0. The van der Waals surface area contributed by atoms with Crippen LogP contribution in [0.25, 0.3) is 0 Å². The molecule has 154 valence electrons. The van der Waals surface area contributed by atoms with Gasteiger partial charge < -0.3 is 9.80 Å². The van der Waals surface area contributed by atoms with Crippen LogP contribution in [0.15, 0.2) is 42.5 Å². The number of nitrogens with zero attached hydrogens (tertiary/aromatic N) is 3. The van der Waals surface area contributed by atoms with Gasteiger partial charge in [-0.15, -0.1) is 0 Å². The molecule has 0 atom stereocenters. The van der Waals surface area contributed by atoms with Gasteiger partial charge in [-0.2, -0.15) is 0 Å². The molecule has 2 aliphatic rings. The van der Waals surface area contributed by atoms with Gasteiger partial charge in [0.2, 0.25) is 5.91 Å². The second kappa shape index (κ2) is 8.08. The summed E-state index contributed by atoms with van der Waals surface area (Å²) < 4.78 is 0. The Hall–Kier alpha value is -2.90. The van der Waals surface area contributed by atoms with E-state index in [0.717, 1.165) is 4.90 Å². The van der Waals surface area contributed by atoms with E-state index in [1.165, 1.54) is 6.07 Å². The number of carbonyl (C=O) groups excluding carboxylic acids is 4. The number of hydrogen-bond acceptors (Lipinski definition) is 4. The first-order valence-electron chi connectivity index (χ1n) is 9.34. The third-order valence-electron chi connectivity index (χ3n) is 5.25. The number of benzene rings is 2. The van der Waals surface area contributed by atoms with Crippen LogP contribution in [0.1, 0.15) is 31.1 Å².